The van der Waals surface area contributed by atoms with Gasteiger partial charge in [-0.3, -0.25) is 14.5 Å². The van der Waals surface area contributed by atoms with Crippen molar-refractivity contribution in [2.75, 3.05) is 26.1 Å². The first-order valence-electron chi connectivity index (χ1n) is 8.70. The number of methoxy groups -OCH3 is 2. The summed E-state index contributed by atoms with van der Waals surface area (Å²) in [6.07, 6.45) is 0. The molecule has 1 aliphatic heterocycles. The fourth-order valence-electron chi connectivity index (χ4n) is 3.04. The molecule has 2 N–H and O–H groups in total. The van der Waals surface area contributed by atoms with E-state index in [0.29, 0.717) is 27.8 Å². The highest BCUT2D eigenvalue weighted by Crippen LogP contribution is 2.30. The molecule has 0 unspecified atom stereocenters. The summed E-state index contributed by atoms with van der Waals surface area (Å²) in [4.78, 5) is 38.6. The van der Waals surface area contributed by atoms with Crippen LogP contribution in [0.3, 0.4) is 0 Å². The number of imide groups is 1. The predicted octanol–water partition coefficient (Wildman–Crippen LogP) is 2.76. The molecule has 0 radical (unpaired) electrons. The molecule has 3 rings (SSSR count). The summed E-state index contributed by atoms with van der Waals surface area (Å²) in [7, 11) is 2.98. The Kier molecular flexibility index (Phi) is 5.65. The average Bonchev–Trinajstić information content (AvgIpc) is 2.91. The lowest BCUT2D eigenvalue weighted by atomic mass is 9.92. The summed E-state index contributed by atoms with van der Waals surface area (Å²) in [6.45, 7) is 1.15. The van der Waals surface area contributed by atoms with Gasteiger partial charge in [-0.2, -0.15) is 0 Å². The standard InChI is InChI=1S/C20H20ClN3O5/c1-20(12-4-6-13(21)7-5-12)18(26)24(19(27)23-20)11-17(25)22-14-8-15(28-2)10-16(9-14)29-3/h4-10H,11H2,1-3H3,(H,22,25)(H,23,27)/t20-/m0/s1. The van der Waals surface area contributed by atoms with E-state index in [1.807, 2.05) is 0 Å². The zero-order valence-electron chi connectivity index (χ0n) is 16.1. The van der Waals surface area contributed by atoms with Crippen LogP contribution in [0.25, 0.3) is 0 Å². The third kappa shape index (κ3) is 4.12. The number of carbonyl (C=O) groups excluding carboxylic acids is 3. The van der Waals surface area contributed by atoms with Crippen LogP contribution in [0.2, 0.25) is 5.02 Å². The van der Waals surface area contributed by atoms with E-state index in [0.717, 1.165) is 4.90 Å². The Morgan fingerprint density at radius 1 is 1.10 bits per heavy atom. The van der Waals surface area contributed by atoms with Gasteiger partial charge < -0.3 is 20.1 Å². The number of rotatable bonds is 6. The zero-order chi connectivity index (χ0) is 21.2. The normalized spacial score (nSPS) is 18.4. The van der Waals surface area contributed by atoms with Crippen LogP contribution in [-0.4, -0.2) is 43.5 Å². The first kappa shape index (κ1) is 20.5. The molecule has 0 aliphatic carbocycles. The first-order valence-corrected chi connectivity index (χ1v) is 9.07. The van der Waals surface area contributed by atoms with Crippen molar-refractivity contribution in [2.45, 2.75) is 12.5 Å². The van der Waals surface area contributed by atoms with Gasteiger partial charge in [0.15, 0.2) is 0 Å². The number of urea groups is 1. The molecule has 2 aromatic carbocycles. The number of benzene rings is 2. The van der Waals surface area contributed by atoms with E-state index in [-0.39, 0.29) is 0 Å². The molecule has 0 saturated carbocycles. The van der Waals surface area contributed by atoms with Gasteiger partial charge in [-0.1, -0.05) is 23.7 Å². The average molecular weight is 418 g/mol. The molecule has 1 heterocycles. The Morgan fingerprint density at radius 2 is 1.69 bits per heavy atom. The van der Waals surface area contributed by atoms with E-state index in [1.165, 1.54) is 14.2 Å². The molecule has 0 aromatic heterocycles. The molecule has 9 heteroatoms. The minimum atomic E-state index is -1.28. The lowest BCUT2D eigenvalue weighted by Gasteiger charge is -2.22. The molecule has 1 saturated heterocycles. The van der Waals surface area contributed by atoms with Crippen LogP contribution in [0.1, 0.15) is 12.5 Å². The molecular weight excluding hydrogens is 398 g/mol. The molecule has 1 atom stereocenters. The van der Waals surface area contributed by atoms with E-state index >= 15 is 0 Å². The van der Waals surface area contributed by atoms with Crippen LogP contribution >= 0.6 is 11.6 Å². The van der Waals surface area contributed by atoms with Gasteiger partial charge in [0.2, 0.25) is 5.91 Å². The number of anilines is 1. The number of hydrogen-bond donors (Lipinski definition) is 2. The highest BCUT2D eigenvalue weighted by Gasteiger charge is 2.49. The maximum absolute atomic E-state index is 12.9. The van der Waals surface area contributed by atoms with Crippen LogP contribution in [0, 0.1) is 0 Å². The number of nitrogens with zero attached hydrogens (tertiary/aromatic N) is 1. The van der Waals surface area contributed by atoms with Crippen molar-refractivity contribution in [2.24, 2.45) is 0 Å². The maximum atomic E-state index is 12.9. The predicted molar refractivity (Wildman–Crippen MR) is 107 cm³/mol. The topological polar surface area (TPSA) is 97.0 Å². The number of nitrogens with one attached hydrogen (secondary N) is 2. The van der Waals surface area contributed by atoms with Crippen molar-refractivity contribution in [1.82, 2.24) is 10.2 Å². The lowest BCUT2D eigenvalue weighted by Crippen LogP contribution is -2.42. The molecular formula is C20H20ClN3O5. The molecule has 152 valence electrons. The molecule has 0 bridgehead atoms. The van der Waals surface area contributed by atoms with Gasteiger partial charge in [0.05, 0.1) is 14.2 Å². The van der Waals surface area contributed by atoms with E-state index < -0.39 is 29.9 Å². The van der Waals surface area contributed by atoms with Crippen molar-refractivity contribution in [3.63, 3.8) is 0 Å². The summed E-state index contributed by atoms with van der Waals surface area (Å²) in [5.41, 5.74) is -0.291. The largest absolute Gasteiger partial charge is 0.497 e. The Bertz CT molecular complexity index is 941. The van der Waals surface area contributed by atoms with E-state index in [2.05, 4.69) is 10.6 Å². The summed E-state index contributed by atoms with van der Waals surface area (Å²) in [5, 5.41) is 5.80. The molecule has 8 nitrogen and oxygen atoms in total. The Hall–Kier alpha value is -3.26. The van der Waals surface area contributed by atoms with Gasteiger partial charge >= 0.3 is 6.03 Å². The smallest absolute Gasteiger partial charge is 0.325 e. The van der Waals surface area contributed by atoms with Gasteiger partial charge in [0.1, 0.15) is 23.6 Å². The second-order valence-corrected chi connectivity index (χ2v) is 7.04. The van der Waals surface area contributed by atoms with Crippen LogP contribution in [0.15, 0.2) is 42.5 Å². The summed E-state index contributed by atoms with van der Waals surface area (Å²) in [5.74, 6) is -0.0812. The zero-order valence-corrected chi connectivity index (χ0v) is 16.9. The molecule has 2 aromatic rings. The number of hydrogen-bond acceptors (Lipinski definition) is 5. The van der Waals surface area contributed by atoms with Crippen molar-refractivity contribution in [3.05, 3.63) is 53.1 Å². The second kappa shape index (κ2) is 8.00. The Morgan fingerprint density at radius 3 is 2.24 bits per heavy atom. The molecule has 29 heavy (non-hydrogen) atoms. The number of carbonyl (C=O) groups is 3. The van der Waals surface area contributed by atoms with Gasteiger partial charge in [-0.15, -0.1) is 0 Å². The van der Waals surface area contributed by atoms with Gasteiger partial charge in [0, 0.05) is 28.9 Å². The monoisotopic (exact) mass is 417 g/mol. The van der Waals surface area contributed by atoms with Crippen molar-refractivity contribution < 1.29 is 23.9 Å². The first-order chi connectivity index (χ1) is 13.8. The lowest BCUT2D eigenvalue weighted by molar-refractivity contribution is -0.133. The number of halogens is 1. The van der Waals surface area contributed by atoms with Gasteiger partial charge in [-0.05, 0) is 24.6 Å². The van der Waals surface area contributed by atoms with Crippen LogP contribution < -0.4 is 20.1 Å². The highest BCUT2D eigenvalue weighted by atomic mass is 35.5. The molecule has 0 spiro atoms. The summed E-state index contributed by atoms with van der Waals surface area (Å²) < 4.78 is 10.3. The molecule has 1 aliphatic rings. The third-order valence-electron chi connectivity index (χ3n) is 4.63. The van der Waals surface area contributed by atoms with Crippen LogP contribution in [0.4, 0.5) is 10.5 Å². The molecule has 4 amide bonds. The van der Waals surface area contributed by atoms with E-state index in [4.69, 9.17) is 21.1 Å². The number of ether oxygens (including phenoxy) is 2. The SMILES string of the molecule is COc1cc(NC(=O)CN2C(=O)N[C@@](C)(c3ccc(Cl)cc3)C2=O)cc(OC)c1. The van der Waals surface area contributed by atoms with Crippen molar-refractivity contribution in [3.8, 4) is 11.5 Å². The second-order valence-electron chi connectivity index (χ2n) is 6.60. The van der Waals surface area contributed by atoms with Gasteiger partial charge in [-0.25, -0.2) is 4.79 Å². The Labute approximate surface area is 172 Å². The maximum Gasteiger partial charge on any atom is 0.325 e. The summed E-state index contributed by atoms with van der Waals surface area (Å²) in [6, 6.07) is 10.8. The van der Waals surface area contributed by atoms with Crippen molar-refractivity contribution >= 4 is 35.1 Å². The van der Waals surface area contributed by atoms with E-state index in [1.54, 1.807) is 49.4 Å². The molecule has 1 fully saturated rings. The van der Waals surface area contributed by atoms with Crippen molar-refractivity contribution in [1.29, 1.82) is 0 Å². The van der Waals surface area contributed by atoms with Gasteiger partial charge in [0.25, 0.3) is 5.91 Å². The summed E-state index contributed by atoms with van der Waals surface area (Å²) >= 11 is 5.89. The number of amides is 4. The minimum Gasteiger partial charge on any atom is -0.497 e. The fraction of sp³-hybridized carbons (Fsp3) is 0.250. The van der Waals surface area contributed by atoms with Crippen LogP contribution in [-0.2, 0) is 15.1 Å². The van der Waals surface area contributed by atoms with Crippen LogP contribution in [0.5, 0.6) is 11.5 Å². The third-order valence-corrected chi connectivity index (χ3v) is 4.89. The Balaban J connectivity index is 1.75. The van der Waals surface area contributed by atoms with E-state index in [9.17, 15) is 14.4 Å². The minimum absolute atomic E-state index is 0.415. The quantitative estimate of drug-likeness (QED) is 0.704. The highest BCUT2D eigenvalue weighted by molar-refractivity contribution is 6.30. The fourth-order valence-corrected chi connectivity index (χ4v) is 3.17.